The van der Waals surface area contributed by atoms with E-state index in [9.17, 15) is 10.2 Å². The summed E-state index contributed by atoms with van der Waals surface area (Å²) in [5.41, 5.74) is 0. The summed E-state index contributed by atoms with van der Waals surface area (Å²) in [7, 11) is 0. The standard InChI is InChI=1S/C17H29N5O3/c1-12(2)20-10-13-15(16(24)14(11-23)25-13)21-6-8-22(9-7-21)17-18-4-3-5-19-17/h3-5,12-16,20,23-24H,6-11H2,1-2H3/t13-,14-,15-,16+/m0/s1. The molecule has 140 valence electrons. The zero-order chi connectivity index (χ0) is 17.8. The first-order valence-electron chi connectivity index (χ1n) is 9.04. The molecule has 0 bridgehead atoms. The fourth-order valence-electron chi connectivity index (χ4n) is 3.62. The van der Waals surface area contributed by atoms with Crippen molar-refractivity contribution in [1.82, 2.24) is 20.2 Å². The summed E-state index contributed by atoms with van der Waals surface area (Å²) < 4.78 is 5.91. The molecule has 2 saturated heterocycles. The Hall–Kier alpha value is -1.32. The molecule has 2 aliphatic rings. The average Bonchev–Trinajstić information content (AvgIpc) is 2.96. The van der Waals surface area contributed by atoms with E-state index in [4.69, 9.17) is 4.74 Å². The Balaban J connectivity index is 1.62. The second-order valence-corrected chi connectivity index (χ2v) is 7.01. The number of aliphatic hydroxyl groups is 2. The number of piperazine rings is 1. The van der Waals surface area contributed by atoms with Gasteiger partial charge in [0.1, 0.15) is 12.2 Å². The number of nitrogens with zero attached hydrogens (tertiary/aromatic N) is 4. The molecule has 0 spiro atoms. The second-order valence-electron chi connectivity index (χ2n) is 7.01. The highest BCUT2D eigenvalue weighted by Crippen LogP contribution is 2.27. The molecule has 25 heavy (non-hydrogen) atoms. The fraction of sp³-hybridized carbons (Fsp3) is 0.765. The maximum atomic E-state index is 10.6. The van der Waals surface area contributed by atoms with Gasteiger partial charge in [-0.15, -0.1) is 0 Å². The van der Waals surface area contributed by atoms with Gasteiger partial charge in [0.2, 0.25) is 5.95 Å². The minimum absolute atomic E-state index is 0.109. The van der Waals surface area contributed by atoms with Gasteiger partial charge in [-0.2, -0.15) is 0 Å². The highest BCUT2D eigenvalue weighted by atomic mass is 16.5. The van der Waals surface area contributed by atoms with Gasteiger partial charge in [0, 0.05) is 51.2 Å². The monoisotopic (exact) mass is 351 g/mol. The highest BCUT2D eigenvalue weighted by molar-refractivity contribution is 5.29. The number of aliphatic hydroxyl groups excluding tert-OH is 2. The van der Waals surface area contributed by atoms with Crippen LogP contribution in [0.15, 0.2) is 18.5 Å². The Morgan fingerprint density at radius 1 is 1.20 bits per heavy atom. The summed E-state index contributed by atoms with van der Waals surface area (Å²) >= 11 is 0. The third kappa shape index (κ3) is 4.27. The lowest BCUT2D eigenvalue weighted by Gasteiger charge is -2.40. The molecule has 1 aromatic heterocycles. The molecule has 3 N–H and O–H groups in total. The van der Waals surface area contributed by atoms with E-state index in [1.807, 2.05) is 6.07 Å². The Bertz CT molecular complexity index is 524. The van der Waals surface area contributed by atoms with Gasteiger partial charge in [-0.25, -0.2) is 9.97 Å². The Morgan fingerprint density at radius 2 is 1.88 bits per heavy atom. The van der Waals surface area contributed by atoms with Crippen molar-refractivity contribution in [2.75, 3.05) is 44.2 Å². The average molecular weight is 351 g/mol. The molecule has 0 unspecified atom stereocenters. The van der Waals surface area contributed by atoms with Crippen molar-refractivity contribution in [3.8, 4) is 0 Å². The van der Waals surface area contributed by atoms with Crippen LogP contribution in [-0.2, 0) is 4.74 Å². The van der Waals surface area contributed by atoms with Crippen LogP contribution in [-0.4, -0.2) is 94.8 Å². The summed E-state index contributed by atoms with van der Waals surface area (Å²) in [6.45, 7) is 7.90. The first-order chi connectivity index (χ1) is 12.1. The number of ether oxygens (including phenoxy) is 1. The molecule has 0 saturated carbocycles. The second kappa shape index (κ2) is 8.37. The van der Waals surface area contributed by atoms with Gasteiger partial charge in [0.25, 0.3) is 0 Å². The molecule has 0 radical (unpaired) electrons. The zero-order valence-corrected chi connectivity index (χ0v) is 15.0. The SMILES string of the molecule is CC(C)NC[C@@H]1O[C@@H](CO)[C@@H](O)[C@H]1N1CCN(c2ncccn2)CC1. The van der Waals surface area contributed by atoms with Gasteiger partial charge in [-0.1, -0.05) is 13.8 Å². The number of anilines is 1. The molecule has 2 fully saturated rings. The smallest absolute Gasteiger partial charge is 0.225 e. The van der Waals surface area contributed by atoms with Gasteiger partial charge >= 0.3 is 0 Å². The van der Waals surface area contributed by atoms with Crippen molar-refractivity contribution in [3.63, 3.8) is 0 Å². The minimum atomic E-state index is -0.677. The van der Waals surface area contributed by atoms with Crippen LogP contribution in [0.5, 0.6) is 0 Å². The van der Waals surface area contributed by atoms with E-state index < -0.39 is 12.2 Å². The van der Waals surface area contributed by atoms with Crippen molar-refractivity contribution < 1.29 is 14.9 Å². The predicted octanol–water partition coefficient (Wildman–Crippen LogP) is -0.914. The third-order valence-electron chi connectivity index (χ3n) is 4.94. The summed E-state index contributed by atoms with van der Waals surface area (Å²) in [6, 6.07) is 2.05. The van der Waals surface area contributed by atoms with Crippen LogP contribution in [0.25, 0.3) is 0 Å². The number of hydrogen-bond acceptors (Lipinski definition) is 8. The first kappa shape index (κ1) is 18.5. The van der Waals surface area contributed by atoms with Crippen molar-refractivity contribution in [1.29, 1.82) is 0 Å². The van der Waals surface area contributed by atoms with Crippen LogP contribution < -0.4 is 10.2 Å². The van der Waals surface area contributed by atoms with Gasteiger partial charge in [-0.3, -0.25) is 4.90 Å². The van der Waals surface area contributed by atoms with Crippen LogP contribution >= 0.6 is 0 Å². The normalized spacial score (nSPS) is 31.0. The Morgan fingerprint density at radius 3 is 2.48 bits per heavy atom. The number of aromatic nitrogens is 2. The van der Waals surface area contributed by atoms with E-state index in [0.717, 1.165) is 32.1 Å². The van der Waals surface area contributed by atoms with E-state index in [1.165, 1.54) is 0 Å². The number of nitrogens with one attached hydrogen (secondary N) is 1. The van der Waals surface area contributed by atoms with Gasteiger partial charge < -0.3 is 25.2 Å². The fourth-order valence-corrected chi connectivity index (χ4v) is 3.62. The van der Waals surface area contributed by atoms with E-state index >= 15 is 0 Å². The minimum Gasteiger partial charge on any atom is -0.394 e. The van der Waals surface area contributed by atoms with Crippen LogP contribution in [0.3, 0.4) is 0 Å². The van der Waals surface area contributed by atoms with Crippen LogP contribution in [0, 0.1) is 0 Å². The number of rotatable bonds is 6. The molecule has 3 heterocycles. The molecule has 8 nitrogen and oxygen atoms in total. The van der Waals surface area contributed by atoms with E-state index in [0.29, 0.717) is 12.6 Å². The van der Waals surface area contributed by atoms with Gasteiger partial charge in [0.05, 0.1) is 18.8 Å². The maximum absolute atomic E-state index is 10.6. The molecule has 0 amide bonds. The molecule has 1 aromatic rings. The van der Waals surface area contributed by atoms with E-state index in [1.54, 1.807) is 12.4 Å². The Kier molecular flexibility index (Phi) is 6.19. The summed E-state index contributed by atoms with van der Waals surface area (Å²) in [5.74, 6) is 0.747. The summed E-state index contributed by atoms with van der Waals surface area (Å²) in [5, 5.41) is 23.5. The largest absolute Gasteiger partial charge is 0.394 e. The van der Waals surface area contributed by atoms with Crippen LogP contribution in [0.2, 0.25) is 0 Å². The summed E-state index contributed by atoms with van der Waals surface area (Å²) in [4.78, 5) is 13.0. The number of hydrogen-bond donors (Lipinski definition) is 3. The molecule has 2 aliphatic heterocycles. The molecular weight excluding hydrogens is 322 g/mol. The lowest BCUT2D eigenvalue weighted by Crippen LogP contribution is -2.57. The van der Waals surface area contributed by atoms with E-state index in [-0.39, 0.29) is 18.8 Å². The quantitative estimate of drug-likeness (QED) is 0.606. The molecule has 3 rings (SSSR count). The predicted molar refractivity (Wildman–Crippen MR) is 94.5 cm³/mol. The van der Waals surface area contributed by atoms with Crippen molar-refractivity contribution in [3.05, 3.63) is 18.5 Å². The van der Waals surface area contributed by atoms with E-state index in [2.05, 4.69) is 38.9 Å². The lowest BCUT2D eigenvalue weighted by molar-refractivity contribution is -0.0216. The zero-order valence-electron chi connectivity index (χ0n) is 15.0. The third-order valence-corrected chi connectivity index (χ3v) is 4.94. The molecular formula is C17H29N5O3. The van der Waals surface area contributed by atoms with Gasteiger partial charge in [-0.05, 0) is 6.07 Å². The maximum Gasteiger partial charge on any atom is 0.225 e. The summed E-state index contributed by atoms with van der Waals surface area (Å²) in [6.07, 6.45) is 2.18. The lowest BCUT2D eigenvalue weighted by atomic mass is 10.0. The topological polar surface area (TPSA) is 94.0 Å². The molecule has 4 atom stereocenters. The Labute approximate surface area is 148 Å². The van der Waals surface area contributed by atoms with Gasteiger partial charge in [0.15, 0.2) is 0 Å². The van der Waals surface area contributed by atoms with Crippen molar-refractivity contribution in [2.24, 2.45) is 0 Å². The molecule has 0 aromatic carbocycles. The van der Waals surface area contributed by atoms with Crippen LogP contribution in [0.1, 0.15) is 13.8 Å². The first-order valence-corrected chi connectivity index (χ1v) is 9.04. The molecule has 8 heteroatoms. The molecule has 0 aliphatic carbocycles. The van der Waals surface area contributed by atoms with Crippen molar-refractivity contribution >= 4 is 5.95 Å². The van der Waals surface area contributed by atoms with Crippen molar-refractivity contribution in [2.45, 2.75) is 44.2 Å². The van der Waals surface area contributed by atoms with Crippen LogP contribution in [0.4, 0.5) is 5.95 Å². The highest BCUT2D eigenvalue weighted by Gasteiger charge is 2.46.